The number of likely N-dealkylation sites (tertiary alicyclic amines) is 1. The van der Waals surface area contributed by atoms with Crippen molar-refractivity contribution >= 4 is 15.7 Å². The number of nitrogens with zero attached hydrogens (tertiary/aromatic N) is 2. The second-order valence-corrected chi connectivity index (χ2v) is 8.92. The highest BCUT2D eigenvalue weighted by Gasteiger charge is 2.27. The minimum Gasteiger partial charge on any atom is -0.497 e. The van der Waals surface area contributed by atoms with Crippen LogP contribution >= 0.6 is 0 Å². The Morgan fingerprint density at radius 3 is 2.55 bits per heavy atom. The van der Waals surface area contributed by atoms with Crippen LogP contribution in [0.2, 0.25) is 0 Å². The van der Waals surface area contributed by atoms with Crippen LogP contribution in [-0.2, 0) is 16.6 Å². The molecule has 1 fully saturated rings. The quantitative estimate of drug-likeness (QED) is 0.455. The van der Waals surface area contributed by atoms with Gasteiger partial charge < -0.3 is 19.1 Å². The molecule has 1 N–H and O–H groups in total. The molecule has 1 aliphatic heterocycles. The summed E-state index contributed by atoms with van der Waals surface area (Å²) in [6, 6.07) is 8.59. The number of methoxy groups -OCH3 is 2. The molecule has 0 aliphatic carbocycles. The number of likely N-dealkylation sites (N-methyl/N-ethyl adjacent to an activating group) is 1. The van der Waals surface area contributed by atoms with Crippen molar-refractivity contribution in [1.29, 1.82) is 0 Å². The Morgan fingerprint density at radius 1 is 1.16 bits per heavy atom. The number of hydrogen-bond donors (Lipinski definition) is 1. The van der Waals surface area contributed by atoms with Crippen molar-refractivity contribution in [2.45, 2.75) is 24.0 Å². The summed E-state index contributed by atoms with van der Waals surface area (Å²) in [6.07, 6.45) is 0.547. The van der Waals surface area contributed by atoms with E-state index in [1.54, 1.807) is 18.2 Å². The number of non-ortho nitro benzene ring substituents is 1. The Hall–Kier alpha value is -2.89. The van der Waals surface area contributed by atoms with Gasteiger partial charge in [0.25, 0.3) is 5.69 Å². The molecule has 1 aliphatic rings. The zero-order valence-electron chi connectivity index (χ0n) is 17.5. The molecule has 1 unspecified atom stereocenters. The molecule has 1 saturated heterocycles. The van der Waals surface area contributed by atoms with E-state index in [1.165, 1.54) is 26.4 Å². The van der Waals surface area contributed by atoms with E-state index in [4.69, 9.17) is 14.2 Å². The Balaban J connectivity index is 1.88. The van der Waals surface area contributed by atoms with Gasteiger partial charge in [0, 0.05) is 43.4 Å². The minimum atomic E-state index is -4.12. The first-order chi connectivity index (χ1) is 14.7. The molecule has 0 amide bonds. The number of nitrogens with one attached hydrogen (secondary N) is 1. The van der Waals surface area contributed by atoms with Gasteiger partial charge in [0.1, 0.15) is 28.2 Å². The molecular formula is C20H25N3O7S. The first-order valence-corrected chi connectivity index (χ1v) is 11.1. The Bertz CT molecular complexity index is 1060. The largest absolute Gasteiger partial charge is 0.497 e. The van der Waals surface area contributed by atoms with E-state index in [9.17, 15) is 18.5 Å². The molecule has 1 heterocycles. The normalized spacial score (nSPS) is 16.8. The van der Waals surface area contributed by atoms with Crippen molar-refractivity contribution in [2.75, 3.05) is 34.4 Å². The molecule has 11 heteroatoms. The highest BCUT2D eigenvalue weighted by Crippen LogP contribution is 2.31. The minimum absolute atomic E-state index is 0.0796. The molecule has 0 radical (unpaired) electrons. The van der Waals surface area contributed by atoms with E-state index in [0.29, 0.717) is 23.6 Å². The zero-order chi connectivity index (χ0) is 22.6. The summed E-state index contributed by atoms with van der Waals surface area (Å²) in [5.74, 6) is 1.10. The molecule has 31 heavy (non-hydrogen) atoms. The Kier molecular flexibility index (Phi) is 6.98. The van der Waals surface area contributed by atoms with Crippen LogP contribution in [0.5, 0.6) is 17.2 Å². The van der Waals surface area contributed by atoms with Gasteiger partial charge in [-0.3, -0.25) is 10.1 Å². The summed E-state index contributed by atoms with van der Waals surface area (Å²) < 4.78 is 45.0. The van der Waals surface area contributed by atoms with Gasteiger partial charge in [-0.25, -0.2) is 13.1 Å². The fourth-order valence-electron chi connectivity index (χ4n) is 3.34. The zero-order valence-corrected chi connectivity index (χ0v) is 18.3. The molecule has 0 bridgehead atoms. The number of hydrogen-bond acceptors (Lipinski definition) is 8. The number of rotatable bonds is 9. The molecule has 3 rings (SSSR count). The maximum absolute atomic E-state index is 13.1. The molecule has 0 saturated carbocycles. The van der Waals surface area contributed by atoms with Crippen molar-refractivity contribution < 1.29 is 27.6 Å². The highest BCUT2D eigenvalue weighted by atomic mass is 32.2. The number of nitro benzene ring substituents is 1. The van der Waals surface area contributed by atoms with Gasteiger partial charge in [0.05, 0.1) is 19.1 Å². The fourth-order valence-corrected chi connectivity index (χ4v) is 4.49. The molecule has 10 nitrogen and oxygen atoms in total. The lowest BCUT2D eigenvalue weighted by Crippen LogP contribution is -2.26. The van der Waals surface area contributed by atoms with E-state index in [-0.39, 0.29) is 29.0 Å². The monoisotopic (exact) mass is 451 g/mol. The molecule has 1 atom stereocenters. The third-order valence-corrected chi connectivity index (χ3v) is 6.44. The number of benzene rings is 2. The average molecular weight is 452 g/mol. The van der Waals surface area contributed by atoms with Crippen LogP contribution in [0, 0.1) is 10.1 Å². The van der Waals surface area contributed by atoms with E-state index in [0.717, 1.165) is 19.0 Å². The van der Waals surface area contributed by atoms with Crippen LogP contribution < -0.4 is 18.9 Å². The second kappa shape index (κ2) is 9.50. The van der Waals surface area contributed by atoms with Crippen LogP contribution in [0.25, 0.3) is 0 Å². The number of ether oxygens (including phenoxy) is 3. The van der Waals surface area contributed by atoms with Crippen LogP contribution in [0.1, 0.15) is 12.0 Å². The van der Waals surface area contributed by atoms with Crippen LogP contribution in [-0.4, -0.2) is 58.7 Å². The van der Waals surface area contributed by atoms with Gasteiger partial charge in [-0.05, 0) is 25.6 Å². The van der Waals surface area contributed by atoms with Crippen molar-refractivity contribution in [3.05, 3.63) is 52.1 Å². The Labute approximate surface area is 180 Å². The van der Waals surface area contributed by atoms with Gasteiger partial charge in [-0.1, -0.05) is 6.07 Å². The SMILES string of the molecule is COc1ccc(CNS(=O)(=O)c2cc([N+](=O)[O-])ccc2OC2CCN(C)C2)c(OC)c1. The van der Waals surface area contributed by atoms with Crippen molar-refractivity contribution in [2.24, 2.45) is 0 Å². The molecule has 2 aromatic rings. The summed E-state index contributed by atoms with van der Waals surface area (Å²) >= 11 is 0. The third-order valence-electron chi connectivity index (χ3n) is 5.02. The van der Waals surface area contributed by atoms with Gasteiger partial charge >= 0.3 is 0 Å². The Morgan fingerprint density at radius 2 is 1.94 bits per heavy atom. The summed E-state index contributed by atoms with van der Waals surface area (Å²) in [6.45, 7) is 1.39. The molecular weight excluding hydrogens is 426 g/mol. The number of nitro groups is 1. The maximum atomic E-state index is 13.1. The molecule has 0 aromatic heterocycles. The fraction of sp³-hybridized carbons (Fsp3) is 0.400. The lowest BCUT2D eigenvalue weighted by atomic mass is 10.2. The molecule has 168 valence electrons. The van der Waals surface area contributed by atoms with Gasteiger partial charge in [-0.2, -0.15) is 0 Å². The third kappa shape index (κ3) is 5.43. The van der Waals surface area contributed by atoms with Crippen LogP contribution in [0.15, 0.2) is 41.3 Å². The maximum Gasteiger partial charge on any atom is 0.271 e. The van der Waals surface area contributed by atoms with E-state index in [1.807, 2.05) is 7.05 Å². The smallest absolute Gasteiger partial charge is 0.271 e. The van der Waals surface area contributed by atoms with Crippen LogP contribution in [0.3, 0.4) is 0 Å². The van der Waals surface area contributed by atoms with Gasteiger partial charge in [0.2, 0.25) is 10.0 Å². The summed E-state index contributed by atoms with van der Waals surface area (Å²) in [5, 5.41) is 11.2. The van der Waals surface area contributed by atoms with E-state index in [2.05, 4.69) is 9.62 Å². The molecule has 0 spiro atoms. The first-order valence-electron chi connectivity index (χ1n) is 9.57. The predicted octanol–water partition coefficient (Wildman–Crippen LogP) is 2.17. The van der Waals surface area contributed by atoms with E-state index >= 15 is 0 Å². The average Bonchev–Trinajstić information content (AvgIpc) is 3.16. The van der Waals surface area contributed by atoms with Crippen LogP contribution in [0.4, 0.5) is 5.69 Å². The van der Waals surface area contributed by atoms with Gasteiger partial charge in [0.15, 0.2) is 0 Å². The second-order valence-electron chi connectivity index (χ2n) is 7.18. The summed E-state index contributed by atoms with van der Waals surface area (Å²) in [7, 11) is 0.811. The lowest BCUT2D eigenvalue weighted by Gasteiger charge is -2.17. The number of sulfonamides is 1. The van der Waals surface area contributed by atoms with Gasteiger partial charge in [-0.15, -0.1) is 0 Å². The summed E-state index contributed by atoms with van der Waals surface area (Å²) in [5.41, 5.74) is 0.246. The lowest BCUT2D eigenvalue weighted by molar-refractivity contribution is -0.385. The standard InChI is InChI=1S/C20H25N3O7S/c1-22-9-8-17(13-22)30-18-7-5-15(23(24)25)10-20(18)31(26,27)21-12-14-4-6-16(28-2)11-19(14)29-3/h4-7,10-11,17,21H,8-9,12-13H2,1-3H3. The van der Waals surface area contributed by atoms with Crippen molar-refractivity contribution in [3.63, 3.8) is 0 Å². The topological polar surface area (TPSA) is 120 Å². The molecule has 2 aromatic carbocycles. The van der Waals surface area contributed by atoms with Crippen molar-refractivity contribution in [3.8, 4) is 17.2 Å². The highest BCUT2D eigenvalue weighted by molar-refractivity contribution is 7.89. The first kappa shape index (κ1) is 22.8. The summed E-state index contributed by atoms with van der Waals surface area (Å²) in [4.78, 5) is 12.4. The predicted molar refractivity (Wildman–Crippen MR) is 113 cm³/mol. The van der Waals surface area contributed by atoms with Crippen molar-refractivity contribution in [1.82, 2.24) is 9.62 Å². The van der Waals surface area contributed by atoms with E-state index < -0.39 is 14.9 Å².